The first kappa shape index (κ1) is 13.9. The Morgan fingerprint density at radius 3 is 3.00 bits per heavy atom. The summed E-state index contributed by atoms with van der Waals surface area (Å²) >= 11 is 0. The number of rotatable bonds is 6. The van der Waals surface area contributed by atoms with Crippen molar-refractivity contribution < 1.29 is 4.74 Å². The molecule has 0 aromatic rings. The highest BCUT2D eigenvalue weighted by atomic mass is 16.5. The average Bonchev–Trinajstić information content (AvgIpc) is 2.48. The van der Waals surface area contributed by atoms with Crippen molar-refractivity contribution in [2.75, 3.05) is 33.3 Å². The highest BCUT2D eigenvalue weighted by Crippen LogP contribution is 2.08. The van der Waals surface area contributed by atoms with E-state index in [0.29, 0.717) is 12.1 Å². The molecule has 0 aliphatic carbocycles. The second kappa shape index (κ2) is 8.04. The predicted molar refractivity (Wildman–Crippen MR) is 68.8 cm³/mol. The Labute approximate surface area is 101 Å². The maximum absolute atomic E-state index is 5.64. The second-order valence-corrected chi connectivity index (χ2v) is 5.02. The van der Waals surface area contributed by atoms with E-state index in [1.54, 1.807) is 0 Å². The Hall–Kier alpha value is -0.120. The Kier molecular flexibility index (Phi) is 7.01. The molecule has 3 heteroatoms. The lowest BCUT2D eigenvalue weighted by Crippen LogP contribution is -2.31. The van der Waals surface area contributed by atoms with Gasteiger partial charge in [0.1, 0.15) is 0 Å². The van der Waals surface area contributed by atoms with Gasteiger partial charge in [0.05, 0.1) is 6.10 Å². The van der Waals surface area contributed by atoms with Gasteiger partial charge < -0.3 is 15.0 Å². The third kappa shape index (κ3) is 5.83. The highest BCUT2D eigenvalue weighted by molar-refractivity contribution is 4.67. The second-order valence-electron chi connectivity index (χ2n) is 5.02. The monoisotopic (exact) mass is 228 g/mol. The molecule has 0 radical (unpaired) electrons. The van der Waals surface area contributed by atoms with Crippen LogP contribution in [0.2, 0.25) is 0 Å². The number of hydrogen-bond donors (Lipinski definition) is 1. The largest absolute Gasteiger partial charge is 0.377 e. The van der Waals surface area contributed by atoms with Crippen LogP contribution in [0.4, 0.5) is 0 Å². The summed E-state index contributed by atoms with van der Waals surface area (Å²) in [6, 6.07) is 0.659. The third-order valence-electron chi connectivity index (χ3n) is 3.39. The zero-order valence-corrected chi connectivity index (χ0v) is 11.2. The molecule has 0 spiro atoms. The van der Waals surface area contributed by atoms with E-state index >= 15 is 0 Å². The van der Waals surface area contributed by atoms with E-state index in [0.717, 1.165) is 13.2 Å². The predicted octanol–water partition coefficient (Wildman–Crippen LogP) is 1.88. The first-order chi connectivity index (χ1) is 7.72. The van der Waals surface area contributed by atoms with E-state index in [9.17, 15) is 0 Å². The van der Waals surface area contributed by atoms with Crippen LogP contribution in [0.3, 0.4) is 0 Å². The van der Waals surface area contributed by atoms with Crippen LogP contribution in [0, 0.1) is 0 Å². The molecule has 1 aliphatic rings. The molecule has 0 bridgehead atoms. The van der Waals surface area contributed by atoms with Crippen LogP contribution in [0.25, 0.3) is 0 Å². The van der Waals surface area contributed by atoms with E-state index in [2.05, 4.69) is 24.1 Å². The quantitative estimate of drug-likeness (QED) is 0.703. The molecular formula is C13H28N2O. The molecule has 2 unspecified atom stereocenters. The summed E-state index contributed by atoms with van der Waals surface area (Å²) in [5, 5.41) is 3.29. The van der Waals surface area contributed by atoms with Crippen molar-refractivity contribution in [1.29, 1.82) is 0 Å². The van der Waals surface area contributed by atoms with Gasteiger partial charge in [-0.3, -0.25) is 0 Å². The van der Waals surface area contributed by atoms with Gasteiger partial charge in [-0.25, -0.2) is 0 Å². The van der Waals surface area contributed by atoms with Crippen LogP contribution in [-0.4, -0.2) is 50.3 Å². The summed E-state index contributed by atoms with van der Waals surface area (Å²) in [5.74, 6) is 0. The normalized spacial score (nSPS) is 25.3. The van der Waals surface area contributed by atoms with Crippen molar-refractivity contribution in [3.63, 3.8) is 0 Å². The molecule has 1 heterocycles. The van der Waals surface area contributed by atoms with Crippen molar-refractivity contribution in [1.82, 2.24) is 10.2 Å². The van der Waals surface area contributed by atoms with E-state index in [4.69, 9.17) is 4.74 Å². The lowest BCUT2D eigenvalue weighted by molar-refractivity contribution is 0.0675. The summed E-state index contributed by atoms with van der Waals surface area (Å²) in [6.07, 6.45) is 5.54. The lowest BCUT2D eigenvalue weighted by atomic mass is 10.1. The number of ether oxygens (including phenoxy) is 1. The smallest absolute Gasteiger partial charge is 0.0673 e. The van der Waals surface area contributed by atoms with Crippen LogP contribution < -0.4 is 5.32 Å². The summed E-state index contributed by atoms with van der Waals surface area (Å²) in [4.78, 5) is 2.56. The minimum atomic E-state index is 0.415. The minimum absolute atomic E-state index is 0.415. The maximum atomic E-state index is 5.64. The molecule has 1 aliphatic heterocycles. The van der Waals surface area contributed by atoms with Gasteiger partial charge in [-0.1, -0.05) is 6.42 Å². The van der Waals surface area contributed by atoms with E-state index in [1.807, 2.05) is 7.05 Å². The molecule has 96 valence electrons. The van der Waals surface area contributed by atoms with E-state index < -0.39 is 0 Å². The number of hydrogen-bond acceptors (Lipinski definition) is 3. The van der Waals surface area contributed by atoms with Gasteiger partial charge in [-0.05, 0) is 46.7 Å². The Bertz CT molecular complexity index is 175. The fraction of sp³-hybridized carbons (Fsp3) is 1.00. The molecule has 0 aromatic heterocycles. The third-order valence-corrected chi connectivity index (χ3v) is 3.39. The van der Waals surface area contributed by atoms with Crippen LogP contribution in [0.1, 0.15) is 39.5 Å². The zero-order valence-electron chi connectivity index (χ0n) is 11.2. The SMILES string of the molecule is CNC(C)CCCCN1CCCOC(C)C1. The molecule has 3 nitrogen and oxygen atoms in total. The lowest BCUT2D eigenvalue weighted by Gasteiger charge is -2.21. The van der Waals surface area contributed by atoms with E-state index in [-0.39, 0.29) is 0 Å². The maximum Gasteiger partial charge on any atom is 0.0673 e. The molecule has 1 saturated heterocycles. The van der Waals surface area contributed by atoms with Gasteiger partial charge in [-0.15, -0.1) is 0 Å². The van der Waals surface area contributed by atoms with Crippen LogP contribution in [0.15, 0.2) is 0 Å². The van der Waals surface area contributed by atoms with Gasteiger partial charge in [0, 0.05) is 25.7 Å². The fourth-order valence-corrected chi connectivity index (χ4v) is 2.21. The highest BCUT2D eigenvalue weighted by Gasteiger charge is 2.14. The fourth-order valence-electron chi connectivity index (χ4n) is 2.21. The van der Waals surface area contributed by atoms with Gasteiger partial charge in [0.25, 0.3) is 0 Å². The van der Waals surface area contributed by atoms with Crippen molar-refractivity contribution >= 4 is 0 Å². The molecule has 0 saturated carbocycles. The van der Waals surface area contributed by atoms with Crippen LogP contribution in [-0.2, 0) is 4.74 Å². The molecule has 1 fully saturated rings. The Balaban J connectivity index is 2.07. The molecule has 1 N–H and O–H groups in total. The van der Waals surface area contributed by atoms with Gasteiger partial charge >= 0.3 is 0 Å². The van der Waals surface area contributed by atoms with Crippen molar-refractivity contribution in [3.8, 4) is 0 Å². The Morgan fingerprint density at radius 2 is 2.25 bits per heavy atom. The van der Waals surface area contributed by atoms with Crippen LogP contribution in [0.5, 0.6) is 0 Å². The molecule has 16 heavy (non-hydrogen) atoms. The summed E-state index contributed by atoms with van der Waals surface area (Å²) in [5.41, 5.74) is 0. The number of nitrogens with zero attached hydrogens (tertiary/aromatic N) is 1. The molecule has 0 amide bonds. The minimum Gasteiger partial charge on any atom is -0.377 e. The van der Waals surface area contributed by atoms with Gasteiger partial charge in [0.2, 0.25) is 0 Å². The number of nitrogens with one attached hydrogen (secondary N) is 1. The molecular weight excluding hydrogens is 200 g/mol. The molecule has 2 atom stereocenters. The standard InChI is InChI=1S/C13H28N2O/c1-12(14-3)7-4-5-8-15-9-6-10-16-13(2)11-15/h12-14H,4-11H2,1-3H3. The van der Waals surface area contributed by atoms with Crippen molar-refractivity contribution in [2.24, 2.45) is 0 Å². The molecule has 0 aromatic carbocycles. The number of unbranched alkanes of at least 4 members (excludes halogenated alkanes) is 1. The van der Waals surface area contributed by atoms with Gasteiger partial charge in [0.15, 0.2) is 0 Å². The summed E-state index contributed by atoms with van der Waals surface area (Å²) in [7, 11) is 2.04. The van der Waals surface area contributed by atoms with Crippen molar-refractivity contribution in [3.05, 3.63) is 0 Å². The summed E-state index contributed by atoms with van der Waals surface area (Å²) < 4.78 is 5.64. The summed E-state index contributed by atoms with van der Waals surface area (Å²) in [6.45, 7) is 8.94. The molecule has 1 rings (SSSR count). The van der Waals surface area contributed by atoms with Gasteiger partial charge in [-0.2, -0.15) is 0 Å². The van der Waals surface area contributed by atoms with Crippen LogP contribution >= 0.6 is 0 Å². The first-order valence-corrected chi connectivity index (χ1v) is 6.73. The van der Waals surface area contributed by atoms with Crippen molar-refractivity contribution in [2.45, 2.75) is 51.7 Å². The van der Waals surface area contributed by atoms with E-state index in [1.165, 1.54) is 38.8 Å². The Morgan fingerprint density at radius 1 is 1.44 bits per heavy atom. The average molecular weight is 228 g/mol. The topological polar surface area (TPSA) is 24.5 Å². The zero-order chi connectivity index (χ0) is 11.8. The first-order valence-electron chi connectivity index (χ1n) is 6.73.